The van der Waals surface area contributed by atoms with E-state index in [0.717, 1.165) is 34.6 Å². The van der Waals surface area contributed by atoms with Gasteiger partial charge in [-0.15, -0.1) is 0 Å². The van der Waals surface area contributed by atoms with E-state index < -0.39 is 0 Å². The summed E-state index contributed by atoms with van der Waals surface area (Å²) in [6.45, 7) is 2.07. The van der Waals surface area contributed by atoms with E-state index in [9.17, 15) is 9.90 Å². The molecule has 0 saturated carbocycles. The topological polar surface area (TPSA) is 70.6 Å². The molecule has 0 amide bonds. The van der Waals surface area contributed by atoms with Gasteiger partial charge in [0.05, 0.1) is 29.0 Å². The second-order valence-electron chi connectivity index (χ2n) is 8.63. The molecule has 3 N–H and O–H groups in total. The normalized spacial score (nSPS) is 19.7. The fraction of sp³-hybridized carbons (Fsp3) is 0.222. The lowest BCUT2D eigenvalue weighted by Crippen LogP contribution is -2.27. The number of fused-ring (bicyclic) bond motifs is 1. The first-order chi connectivity index (χ1) is 15.9. The van der Waals surface area contributed by atoms with E-state index in [4.69, 9.17) is 4.74 Å². The molecule has 0 aromatic heterocycles. The number of rotatable bonds is 3. The number of allylic oxidation sites excluding steroid dienone is 1. The molecule has 0 bridgehead atoms. The standard InChI is InChI=1S/C27H25BrN2O3/c1-15-7-9-16(10-8-15)17-12-22-25(23(31)13-17)26(30-21-6-4-3-5-20(21)29-22)18-11-19(28)27(32)24(14-18)33-2/h3-11,14,17,26,29-30,32H,12-13H2,1-2H3. The third kappa shape index (κ3) is 4.00. The van der Waals surface area contributed by atoms with Crippen LogP contribution in [-0.4, -0.2) is 18.0 Å². The number of ketones is 1. The molecule has 1 heterocycles. The summed E-state index contributed by atoms with van der Waals surface area (Å²) in [6, 6.07) is 19.7. The van der Waals surface area contributed by atoms with Gasteiger partial charge in [0.25, 0.3) is 0 Å². The van der Waals surface area contributed by atoms with Gasteiger partial charge in [0, 0.05) is 17.7 Å². The third-order valence-corrected chi connectivity index (χ3v) is 7.07. The van der Waals surface area contributed by atoms with Gasteiger partial charge in [-0.2, -0.15) is 0 Å². The van der Waals surface area contributed by atoms with Crippen LogP contribution >= 0.6 is 15.9 Å². The zero-order valence-electron chi connectivity index (χ0n) is 18.5. The molecule has 0 radical (unpaired) electrons. The van der Waals surface area contributed by atoms with Gasteiger partial charge in [-0.3, -0.25) is 4.79 Å². The molecular weight excluding hydrogens is 480 g/mol. The van der Waals surface area contributed by atoms with Crippen molar-refractivity contribution in [2.24, 2.45) is 0 Å². The second-order valence-corrected chi connectivity index (χ2v) is 9.49. The summed E-state index contributed by atoms with van der Waals surface area (Å²) in [4.78, 5) is 13.6. The minimum absolute atomic E-state index is 0.0389. The van der Waals surface area contributed by atoms with Crippen molar-refractivity contribution in [1.29, 1.82) is 0 Å². The molecule has 3 aromatic rings. The molecule has 33 heavy (non-hydrogen) atoms. The molecule has 3 aromatic carbocycles. The van der Waals surface area contributed by atoms with Gasteiger partial charge >= 0.3 is 0 Å². The van der Waals surface area contributed by atoms with Gasteiger partial charge in [0.2, 0.25) is 0 Å². The first-order valence-corrected chi connectivity index (χ1v) is 11.8. The molecular formula is C27H25BrN2O3. The first kappa shape index (κ1) is 21.6. The summed E-state index contributed by atoms with van der Waals surface area (Å²) in [6.07, 6.45) is 1.20. The van der Waals surface area contributed by atoms with E-state index >= 15 is 0 Å². The highest BCUT2D eigenvalue weighted by molar-refractivity contribution is 9.10. The van der Waals surface area contributed by atoms with Crippen molar-refractivity contribution in [3.05, 3.63) is 93.1 Å². The Bertz CT molecular complexity index is 1270. The smallest absolute Gasteiger partial charge is 0.172 e. The monoisotopic (exact) mass is 504 g/mol. The average molecular weight is 505 g/mol. The molecule has 0 saturated heterocycles. The van der Waals surface area contributed by atoms with Crippen molar-refractivity contribution in [2.75, 3.05) is 17.7 Å². The molecule has 5 nitrogen and oxygen atoms in total. The van der Waals surface area contributed by atoms with Crippen LogP contribution in [0.4, 0.5) is 11.4 Å². The number of phenols is 1. The number of aryl methyl sites for hydroxylation is 1. The summed E-state index contributed by atoms with van der Waals surface area (Å²) in [5.41, 5.74) is 6.74. The first-order valence-electron chi connectivity index (χ1n) is 11.0. The van der Waals surface area contributed by atoms with Gasteiger partial charge in [0.15, 0.2) is 17.3 Å². The Kier molecular flexibility index (Phi) is 5.62. The fourth-order valence-electron chi connectivity index (χ4n) is 4.73. The van der Waals surface area contributed by atoms with Crippen LogP contribution in [0.1, 0.15) is 41.5 Å². The maximum Gasteiger partial charge on any atom is 0.172 e. The number of phenolic OH excluding ortho intramolecular Hbond substituents is 1. The van der Waals surface area contributed by atoms with E-state index in [0.29, 0.717) is 16.6 Å². The predicted molar refractivity (Wildman–Crippen MR) is 134 cm³/mol. The number of carbonyl (C=O) groups excluding carboxylic acids is 1. The number of para-hydroxylation sites is 2. The summed E-state index contributed by atoms with van der Waals surface area (Å²) >= 11 is 3.43. The highest BCUT2D eigenvalue weighted by atomic mass is 79.9. The van der Waals surface area contributed by atoms with Crippen molar-refractivity contribution in [2.45, 2.75) is 31.7 Å². The van der Waals surface area contributed by atoms with E-state index in [1.54, 1.807) is 6.07 Å². The van der Waals surface area contributed by atoms with Crippen molar-refractivity contribution in [1.82, 2.24) is 0 Å². The third-order valence-electron chi connectivity index (χ3n) is 6.46. The molecule has 2 aliphatic rings. The number of methoxy groups -OCH3 is 1. The second kappa shape index (κ2) is 8.60. The summed E-state index contributed by atoms with van der Waals surface area (Å²) < 4.78 is 5.90. The van der Waals surface area contributed by atoms with Gasteiger partial charge < -0.3 is 20.5 Å². The van der Waals surface area contributed by atoms with Gasteiger partial charge in [0.1, 0.15) is 0 Å². The van der Waals surface area contributed by atoms with Crippen LogP contribution in [0.2, 0.25) is 0 Å². The number of hydrogen-bond acceptors (Lipinski definition) is 5. The van der Waals surface area contributed by atoms with E-state index in [1.165, 1.54) is 18.2 Å². The fourth-order valence-corrected chi connectivity index (χ4v) is 5.19. The maximum absolute atomic E-state index is 13.6. The van der Waals surface area contributed by atoms with E-state index in [1.807, 2.05) is 30.3 Å². The lowest BCUT2D eigenvalue weighted by molar-refractivity contribution is -0.116. The summed E-state index contributed by atoms with van der Waals surface area (Å²) in [5, 5.41) is 17.4. The van der Waals surface area contributed by atoms with Crippen LogP contribution in [0.3, 0.4) is 0 Å². The molecule has 6 heteroatoms. The lowest BCUT2D eigenvalue weighted by Gasteiger charge is -2.30. The lowest BCUT2D eigenvalue weighted by atomic mass is 9.78. The molecule has 2 unspecified atom stereocenters. The summed E-state index contributed by atoms with van der Waals surface area (Å²) in [5.74, 6) is 0.630. The van der Waals surface area contributed by atoms with E-state index in [-0.39, 0.29) is 23.5 Å². The number of Topliss-reactive ketones (excluding diaryl/α,β-unsaturated/α-hetero) is 1. The Morgan fingerprint density at radius 1 is 1.00 bits per heavy atom. The average Bonchev–Trinajstić information content (AvgIpc) is 2.98. The Balaban J connectivity index is 1.63. The van der Waals surface area contributed by atoms with Crippen molar-refractivity contribution >= 4 is 33.1 Å². The molecule has 168 valence electrons. The number of hydrogen-bond donors (Lipinski definition) is 3. The Hall–Kier alpha value is -3.25. The van der Waals surface area contributed by atoms with Crippen LogP contribution in [0.25, 0.3) is 0 Å². The van der Waals surface area contributed by atoms with Crippen LogP contribution in [0.15, 0.2) is 76.4 Å². The number of benzene rings is 3. The van der Waals surface area contributed by atoms with E-state index in [2.05, 4.69) is 57.8 Å². The number of anilines is 2. The zero-order chi connectivity index (χ0) is 23.1. The molecule has 5 rings (SSSR count). The molecule has 1 aliphatic heterocycles. The predicted octanol–water partition coefficient (Wildman–Crippen LogP) is 6.45. The minimum atomic E-state index is -0.381. The molecule has 0 fully saturated rings. The van der Waals surface area contributed by atoms with Crippen LogP contribution in [0.5, 0.6) is 11.5 Å². The quantitative estimate of drug-likeness (QED) is 0.382. The zero-order valence-corrected chi connectivity index (χ0v) is 20.1. The minimum Gasteiger partial charge on any atom is -0.503 e. The van der Waals surface area contributed by atoms with Crippen molar-refractivity contribution < 1.29 is 14.6 Å². The number of halogens is 1. The Morgan fingerprint density at radius 2 is 1.73 bits per heavy atom. The molecule has 1 aliphatic carbocycles. The van der Waals surface area contributed by atoms with Crippen molar-refractivity contribution in [3.8, 4) is 11.5 Å². The van der Waals surface area contributed by atoms with Crippen LogP contribution in [0, 0.1) is 6.92 Å². The van der Waals surface area contributed by atoms with Gasteiger partial charge in [-0.25, -0.2) is 0 Å². The molecule has 2 atom stereocenters. The largest absolute Gasteiger partial charge is 0.503 e. The molecule has 0 spiro atoms. The number of ether oxygens (including phenoxy) is 1. The number of carbonyl (C=O) groups is 1. The van der Waals surface area contributed by atoms with Gasteiger partial charge in [-0.05, 0) is 70.6 Å². The van der Waals surface area contributed by atoms with Gasteiger partial charge in [-0.1, -0.05) is 42.0 Å². The highest BCUT2D eigenvalue weighted by Crippen LogP contribution is 2.46. The Labute approximate surface area is 201 Å². The maximum atomic E-state index is 13.6. The van der Waals surface area contributed by atoms with Crippen LogP contribution < -0.4 is 15.4 Å². The number of nitrogens with one attached hydrogen (secondary N) is 2. The number of aromatic hydroxyl groups is 1. The highest BCUT2D eigenvalue weighted by Gasteiger charge is 2.36. The van der Waals surface area contributed by atoms with Crippen LogP contribution in [-0.2, 0) is 4.79 Å². The summed E-state index contributed by atoms with van der Waals surface area (Å²) in [7, 11) is 1.52. The van der Waals surface area contributed by atoms with Crippen molar-refractivity contribution in [3.63, 3.8) is 0 Å². The Morgan fingerprint density at radius 3 is 2.45 bits per heavy atom. The SMILES string of the molecule is COc1cc(C2Nc3ccccc3NC3=C2C(=O)CC(c2ccc(C)cc2)C3)cc(Br)c1O.